The van der Waals surface area contributed by atoms with Gasteiger partial charge in [-0.1, -0.05) is 6.92 Å². The predicted octanol–water partition coefficient (Wildman–Crippen LogP) is 0.293. The predicted molar refractivity (Wildman–Crippen MR) is 72.4 cm³/mol. The maximum atomic E-state index is 11.6. The first-order valence-electron chi connectivity index (χ1n) is 6.93. The average Bonchev–Trinajstić information content (AvgIpc) is 2.51. The van der Waals surface area contributed by atoms with Crippen LogP contribution in [-0.2, 0) is 9.53 Å². The second kappa shape index (κ2) is 7.71. The lowest BCUT2D eigenvalue weighted by atomic mass is 10.1. The van der Waals surface area contributed by atoms with Crippen molar-refractivity contribution in [2.75, 3.05) is 39.8 Å². The van der Waals surface area contributed by atoms with Gasteiger partial charge in [0.2, 0.25) is 0 Å². The highest BCUT2D eigenvalue weighted by Gasteiger charge is 2.26. The Balaban J connectivity index is 2.54. The van der Waals surface area contributed by atoms with Crippen LogP contribution in [-0.4, -0.2) is 67.7 Å². The van der Waals surface area contributed by atoms with Crippen LogP contribution in [0.5, 0.6) is 0 Å². The fourth-order valence-corrected chi connectivity index (χ4v) is 2.50. The van der Waals surface area contributed by atoms with Crippen LogP contribution < -0.4 is 5.73 Å². The molecule has 1 fully saturated rings. The second-order valence-electron chi connectivity index (χ2n) is 5.03. The number of esters is 1. The van der Waals surface area contributed by atoms with E-state index in [0.717, 1.165) is 32.5 Å². The normalized spacial score (nSPS) is 24.6. The summed E-state index contributed by atoms with van der Waals surface area (Å²) in [5.74, 6) is -0.287. The topological polar surface area (TPSA) is 58.8 Å². The Morgan fingerprint density at radius 2 is 2.17 bits per heavy atom. The number of hydrogen-bond acceptors (Lipinski definition) is 5. The largest absolute Gasteiger partial charge is 0.465 e. The zero-order chi connectivity index (χ0) is 13.5. The van der Waals surface area contributed by atoms with E-state index in [1.165, 1.54) is 0 Å². The number of carbonyl (C=O) groups is 1. The summed E-state index contributed by atoms with van der Waals surface area (Å²) in [7, 11) is 2.15. The summed E-state index contributed by atoms with van der Waals surface area (Å²) in [6, 6.07) is -0.0413. The minimum absolute atomic E-state index is 0.287. The van der Waals surface area contributed by atoms with Gasteiger partial charge in [0.25, 0.3) is 0 Å². The third kappa shape index (κ3) is 4.55. The van der Waals surface area contributed by atoms with Crippen LogP contribution in [0.15, 0.2) is 0 Å². The molecule has 5 nitrogen and oxygen atoms in total. The first-order chi connectivity index (χ1) is 8.58. The summed E-state index contributed by atoms with van der Waals surface area (Å²) in [6.45, 7) is 8.16. The molecule has 0 radical (unpaired) electrons. The fourth-order valence-electron chi connectivity index (χ4n) is 2.50. The van der Waals surface area contributed by atoms with Crippen molar-refractivity contribution in [3.63, 3.8) is 0 Å². The highest BCUT2D eigenvalue weighted by atomic mass is 16.5. The molecule has 106 valence electrons. The standard InChI is InChI=1S/C13H27N3O2/c1-4-11-9-15(3)7-6-8-16(11)10-12(14)13(17)18-5-2/h11-12H,4-10,14H2,1-3H3. The first kappa shape index (κ1) is 15.4. The lowest BCUT2D eigenvalue weighted by molar-refractivity contribution is -0.145. The summed E-state index contributed by atoms with van der Waals surface area (Å²) in [4.78, 5) is 16.3. The molecule has 1 rings (SSSR count). The van der Waals surface area contributed by atoms with E-state index in [-0.39, 0.29) is 5.97 Å². The van der Waals surface area contributed by atoms with Crippen molar-refractivity contribution in [3.05, 3.63) is 0 Å². The summed E-state index contributed by atoms with van der Waals surface area (Å²) in [5.41, 5.74) is 5.91. The number of ether oxygens (including phenoxy) is 1. The van der Waals surface area contributed by atoms with Crippen LogP contribution in [0.25, 0.3) is 0 Å². The molecule has 0 spiro atoms. The number of rotatable bonds is 5. The number of nitrogens with two attached hydrogens (primary N) is 1. The van der Waals surface area contributed by atoms with Crippen LogP contribution in [0.3, 0.4) is 0 Å². The maximum Gasteiger partial charge on any atom is 0.324 e. The molecule has 1 aliphatic rings. The molecule has 0 aliphatic carbocycles. The van der Waals surface area contributed by atoms with Gasteiger partial charge in [-0.05, 0) is 39.9 Å². The summed E-state index contributed by atoms with van der Waals surface area (Å²) in [5, 5.41) is 0. The van der Waals surface area contributed by atoms with Gasteiger partial charge in [0.15, 0.2) is 0 Å². The molecule has 0 amide bonds. The molecule has 1 saturated heterocycles. The molecule has 0 aromatic rings. The first-order valence-corrected chi connectivity index (χ1v) is 6.93. The molecule has 18 heavy (non-hydrogen) atoms. The molecule has 1 heterocycles. The van der Waals surface area contributed by atoms with E-state index in [9.17, 15) is 4.79 Å². The Morgan fingerprint density at radius 3 is 2.78 bits per heavy atom. The number of carbonyl (C=O) groups excluding carboxylic acids is 1. The molecule has 2 atom stereocenters. The number of likely N-dealkylation sites (N-methyl/N-ethyl adjacent to an activating group) is 1. The summed E-state index contributed by atoms with van der Waals surface area (Å²) in [6.07, 6.45) is 2.21. The van der Waals surface area contributed by atoms with Crippen LogP contribution >= 0.6 is 0 Å². The third-order valence-electron chi connectivity index (χ3n) is 3.52. The Labute approximate surface area is 110 Å². The second-order valence-corrected chi connectivity index (χ2v) is 5.03. The van der Waals surface area contributed by atoms with E-state index in [1.807, 2.05) is 0 Å². The Kier molecular flexibility index (Phi) is 6.60. The van der Waals surface area contributed by atoms with Gasteiger partial charge in [-0.2, -0.15) is 0 Å². The van der Waals surface area contributed by atoms with Crippen LogP contribution in [0, 0.1) is 0 Å². The van der Waals surface area contributed by atoms with E-state index in [1.54, 1.807) is 6.92 Å². The number of hydrogen-bond donors (Lipinski definition) is 1. The Bertz CT molecular complexity index is 261. The minimum atomic E-state index is -0.526. The lowest BCUT2D eigenvalue weighted by Crippen LogP contribution is -2.49. The van der Waals surface area contributed by atoms with Gasteiger partial charge in [0.05, 0.1) is 6.61 Å². The van der Waals surface area contributed by atoms with Crippen molar-refractivity contribution in [1.29, 1.82) is 0 Å². The van der Waals surface area contributed by atoms with Crippen molar-refractivity contribution >= 4 is 5.97 Å². The summed E-state index contributed by atoms with van der Waals surface area (Å²) < 4.78 is 4.97. The molecule has 0 aromatic heterocycles. The van der Waals surface area contributed by atoms with Gasteiger partial charge in [0, 0.05) is 19.1 Å². The smallest absolute Gasteiger partial charge is 0.324 e. The van der Waals surface area contributed by atoms with Crippen molar-refractivity contribution in [3.8, 4) is 0 Å². The molecule has 5 heteroatoms. The number of nitrogens with zero attached hydrogens (tertiary/aromatic N) is 2. The summed E-state index contributed by atoms with van der Waals surface area (Å²) >= 11 is 0. The van der Waals surface area contributed by atoms with E-state index in [2.05, 4.69) is 23.8 Å². The van der Waals surface area contributed by atoms with E-state index in [4.69, 9.17) is 10.5 Å². The SMILES string of the molecule is CCOC(=O)C(N)CN1CCCN(C)CC1CC. The molecule has 0 bridgehead atoms. The van der Waals surface area contributed by atoms with Crippen molar-refractivity contribution in [2.24, 2.45) is 5.73 Å². The van der Waals surface area contributed by atoms with E-state index < -0.39 is 6.04 Å². The zero-order valence-electron chi connectivity index (χ0n) is 11.9. The molecule has 1 aliphatic heterocycles. The van der Waals surface area contributed by atoms with E-state index in [0.29, 0.717) is 19.2 Å². The average molecular weight is 257 g/mol. The fraction of sp³-hybridized carbons (Fsp3) is 0.923. The quantitative estimate of drug-likeness (QED) is 0.718. The molecular formula is C13H27N3O2. The molecule has 2 unspecified atom stereocenters. The van der Waals surface area contributed by atoms with Gasteiger partial charge in [-0.25, -0.2) is 0 Å². The molecule has 0 aromatic carbocycles. The maximum absolute atomic E-state index is 11.6. The van der Waals surface area contributed by atoms with Crippen molar-refractivity contribution in [1.82, 2.24) is 9.80 Å². The van der Waals surface area contributed by atoms with Crippen LogP contribution in [0.1, 0.15) is 26.7 Å². The van der Waals surface area contributed by atoms with Gasteiger partial charge in [0.1, 0.15) is 6.04 Å². The van der Waals surface area contributed by atoms with E-state index >= 15 is 0 Å². The third-order valence-corrected chi connectivity index (χ3v) is 3.52. The molecule has 0 saturated carbocycles. The lowest BCUT2D eigenvalue weighted by Gasteiger charge is -2.31. The molecular weight excluding hydrogens is 230 g/mol. The van der Waals surface area contributed by atoms with Crippen LogP contribution in [0.4, 0.5) is 0 Å². The van der Waals surface area contributed by atoms with Crippen molar-refractivity contribution in [2.45, 2.75) is 38.8 Å². The molecule has 2 N–H and O–H groups in total. The van der Waals surface area contributed by atoms with Crippen molar-refractivity contribution < 1.29 is 9.53 Å². The van der Waals surface area contributed by atoms with Gasteiger partial charge < -0.3 is 15.4 Å². The highest BCUT2D eigenvalue weighted by Crippen LogP contribution is 2.12. The minimum Gasteiger partial charge on any atom is -0.465 e. The Morgan fingerprint density at radius 1 is 1.44 bits per heavy atom. The van der Waals surface area contributed by atoms with Crippen LogP contribution in [0.2, 0.25) is 0 Å². The van der Waals surface area contributed by atoms with Gasteiger partial charge >= 0.3 is 5.97 Å². The monoisotopic (exact) mass is 257 g/mol. The van der Waals surface area contributed by atoms with Gasteiger partial charge in [-0.3, -0.25) is 9.69 Å². The van der Waals surface area contributed by atoms with Gasteiger partial charge in [-0.15, -0.1) is 0 Å². The Hall–Kier alpha value is -0.650. The zero-order valence-corrected chi connectivity index (χ0v) is 11.9. The highest BCUT2D eigenvalue weighted by molar-refractivity contribution is 5.75.